The van der Waals surface area contributed by atoms with E-state index in [-0.39, 0.29) is 11.2 Å². The molecule has 3 rings (SSSR count). The molecule has 18 heavy (non-hydrogen) atoms. The number of nitro benzene ring substituents is 1. The Labute approximate surface area is 103 Å². The summed E-state index contributed by atoms with van der Waals surface area (Å²) in [5, 5.41) is 14.8. The van der Waals surface area contributed by atoms with Crippen molar-refractivity contribution in [2.75, 3.05) is 5.32 Å². The predicted molar refractivity (Wildman–Crippen MR) is 67.5 cm³/mol. The molecule has 6 heteroatoms. The van der Waals surface area contributed by atoms with E-state index in [0.29, 0.717) is 16.7 Å². The summed E-state index contributed by atoms with van der Waals surface area (Å²) in [5.41, 5.74) is 0.843. The van der Waals surface area contributed by atoms with E-state index in [0.717, 1.165) is 12.8 Å². The van der Waals surface area contributed by atoms with E-state index in [1.165, 1.54) is 18.5 Å². The van der Waals surface area contributed by atoms with Crippen LogP contribution in [-0.2, 0) is 0 Å². The van der Waals surface area contributed by atoms with Crippen LogP contribution in [-0.4, -0.2) is 20.4 Å². The number of nitro groups is 1. The minimum absolute atomic E-state index is 0.0568. The Morgan fingerprint density at radius 2 is 2.17 bits per heavy atom. The second-order valence-corrected chi connectivity index (χ2v) is 4.87. The second-order valence-electron chi connectivity index (χ2n) is 4.87. The molecule has 1 aliphatic carbocycles. The Balaban J connectivity index is 2.12. The van der Waals surface area contributed by atoms with E-state index in [1.54, 1.807) is 6.07 Å². The van der Waals surface area contributed by atoms with Gasteiger partial charge in [-0.3, -0.25) is 10.1 Å². The van der Waals surface area contributed by atoms with Gasteiger partial charge in [0.1, 0.15) is 12.1 Å². The number of hydrogen-bond donors (Lipinski definition) is 1. The first kappa shape index (κ1) is 10.9. The van der Waals surface area contributed by atoms with Crippen LogP contribution in [0.4, 0.5) is 11.5 Å². The molecule has 0 spiro atoms. The summed E-state index contributed by atoms with van der Waals surface area (Å²) in [7, 11) is 0. The fraction of sp³-hybridized carbons (Fsp3) is 0.333. The van der Waals surface area contributed by atoms with Crippen molar-refractivity contribution in [2.45, 2.75) is 25.3 Å². The Morgan fingerprint density at radius 1 is 1.39 bits per heavy atom. The van der Waals surface area contributed by atoms with Gasteiger partial charge in [0.2, 0.25) is 0 Å². The zero-order chi connectivity index (χ0) is 12.8. The summed E-state index contributed by atoms with van der Waals surface area (Å²) in [6, 6.07) is 4.62. The first-order valence-electron chi connectivity index (χ1n) is 5.75. The van der Waals surface area contributed by atoms with Crippen LogP contribution in [0.1, 0.15) is 19.8 Å². The molecule has 0 radical (unpaired) electrons. The average molecular weight is 244 g/mol. The molecule has 1 aromatic heterocycles. The van der Waals surface area contributed by atoms with Crippen LogP contribution in [0.15, 0.2) is 24.5 Å². The third-order valence-electron chi connectivity index (χ3n) is 3.25. The SMILES string of the molecule is CC1(Nc2ncnc3ccc([N+](=O)[O-])cc23)CC1. The highest BCUT2D eigenvalue weighted by molar-refractivity contribution is 5.90. The highest BCUT2D eigenvalue weighted by Crippen LogP contribution is 2.39. The number of benzene rings is 1. The van der Waals surface area contributed by atoms with E-state index in [9.17, 15) is 10.1 Å². The third-order valence-corrected chi connectivity index (χ3v) is 3.25. The minimum Gasteiger partial charge on any atom is -0.364 e. The number of nitrogens with zero attached hydrogens (tertiary/aromatic N) is 3. The maximum atomic E-state index is 10.8. The van der Waals surface area contributed by atoms with Crippen molar-refractivity contribution in [3.63, 3.8) is 0 Å². The van der Waals surface area contributed by atoms with E-state index in [2.05, 4.69) is 22.2 Å². The molecule has 1 aromatic carbocycles. The van der Waals surface area contributed by atoms with Crippen molar-refractivity contribution in [1.29, 1.82) is 0 Å². The zero-order valence-electron chi connectivity index (χ0n) is 9.88. The predicted octanol–water partition coefficient (Wildman–Crippen LogP) is 2.50. The lowest BCUT2D eigenvalue weighted by Gasteiger charge is -2.13. The standard InChI is InChI=1S/C12H12N4O2/c1-12(4-5-12)15-11-9-6-8(16(17)18)2-3-10(9)13-7-14-11/h2-3,6-7H,4-5H2,1H3,(H,13,14,15). The Bertz CT molecular complexity index is 637. The number of hydrogen-bond acceptors (Lipinski definition) is 5. The van der Waals surface area contributed by atoms with Gasteiger partial charge in [0.05, 0.1) is 10.4 Å². The molecule has 0 unspecified atom stereocenters. The monoisotopic (exact) mass is 244 g/mol. The van der Waals surface area contributed by atoms with Gasteiger partial charge in [0.25, 0.3) is 5.69 Å². The first-order valence-corrected chi connectivity index (χ1v) is 5.75. The minimum atomic E-state index is -0.408. The number of non-ortho nitro benzene ring substituents is 1. The lowest BCUT2D eigenvalue weighted by atomic mass is 10.2. The molecule has 0 saturated heterocycles. The van der Waals surface area contributed by atoms with Gasteiger partial charge in [-0.2, -0.15) is 0 Å². The summed E-state index contributed by atoms with van der Waals surface area (Å²) >= 11 is 0. The third kappa shape index (κ3) is 1.85. The Hall–Kier alpha value is -2.24. The zero-order valence-corrected chi connectivity index (χ0v) is 9.88. The van der Waals surface area contributed by atoms with Gasteiger partial charge >= 0.3 is 0 Å². The average Bonchev–Trinajstić information content (AvgIpc) is 3.07. The Morgan fingerprint density at radius 3 is 2.83 bits per heavy atom. The summed E-state index contributed by atoms with van der Waals surface area (Å²) < 4.78 is 0. The molecule has 0 atom stereocenters. The number of rotatable bonds is 3. The van der Waals surface area contributed by atoms with Crippen molar-refractivity contribution in [3.05, 3.63) is 34.6 Å². The lowest BCUT2D eigenvalue weighted by Crippen LogP contribution is -2.17. The first-order chi connectivity index (χ1) is 8.57. The van der Waals surface area contributed by atoms with Crippen molar-refractivity contribution in [1.82, 2.24) is 9.97 Å². The quantitative estimate of drug-likeness (QED) is 0.662. The lowest BCUT2D eigenvalue weighted by molar-refractivity contribution is -0.384. The second kappa shape index (κ2) is 3.63. The van der Waals surface area contributed by atoms with Gasteiger partial charge < -0.3 is 5.32 Å². The molecule has 1 aliphatic rings. The highest BCUT2D eigenvalue weighted by atomic mass is 16.6. The molecule has 6 nitrogen and oxygen atoms in total. The summed E-state index contributed by atoms with van der Waals surface area (Å²) in [4.78, 5) is 18.7. The summed E-state index contributed by atoms with van der Waals surface area (Å²) in [6.45, 7) is 2.11. The molecule has 0 aliphatic heterocycles. The van der Waals surface area contributed by atoms with Gasteiger partial charge in [-0.15, -0.1) is 0 Å². The van der Waals surface area contributed by atoms with E-state index in [4.69, 9.17) is 0 Å². The van der Waals surface area contributed by atoms with Crippen LogP contribution in [0.2, 0.25) is 0 Å². The van der Waals surface area contributed by atoms with Crippen molar-refractivity contribution >= 4 is 22.4 Å². The molecule has 0 bridgehead atoms. The molecule has 1 N–H and O–H groups in total. The van der Waals surface area contributed by atoms with Gasteiger partial charge in [-0.25, -0.2) is 9.97 Å². The van der Waals surface area contributed by atoms with Crippen molar-refractivity contribution in [2.24, 2.45) is 0 Å². The van der Waals surface area contributed by atoms with E-state index >= 15 is 0 Å². The van der Waals surface area contributed by atoms with Crippen LogP contribution in [0, 0.1) is 10.1 Å². The van der Waals surface area contributed by atoms with Crippen LogP contribution in [0.3, 0.4) is 0 Å². The number of fused-ring (bicyclic) bond motifs is 1. The van der Waals surface area contributed by atoms with Crippen LogP contribution < -0.4 is 5.32 Å². The normalized spacial score (nSPS) is 16.5. The highest BCUT2D eigenvalue weighted by Gasteiger charge is 2.37. The fourth-order valence-electron chi connectivity index (χ4n) is 1.86. The number of nitrogens with one attached hydrogen (secondary N) is 1. The van der Waals surface area contributed by atoms with Crippen molar-refractivity contribution < 1.29 is 4.92 Å². The molecular formula is C12H12N4O2. The van der Waals surface area contributed by atoms with Crippen LogP contribution in [0.5, 0.6) is 0 Å². The summed E-state index contributed by atoms with van der Waals surface area (Å²) in [6.07, 6.45) is 3.66. The summed E-state index contributed by atoms with van der Waals surface area (Å²) in [5.74, 6) is 0.670. The topological polar surface area (TPSA) is 81.0 Å². The number of anilines is 1. The number of aromatic nitrogens is 2. The van der Waals surface area contributed by atoms with Gasteiger partial charge in [0.15, 0.2) is 0 Å². The largest absolute Gasteiger partial charge is 0.364 e. The van der Waals surface area contributed by atoms with E-state index in [1.807, 2.05) is 0 Å². The molecular weight excluding hydrogens is 232 g/mol. The molecule has 1 saturated carbocycles. The molecule has 1 fully saturated rings. The van der Waals surface area contributed by atoms with Gasteiger partial charge in [-0.05, 0) is 25.8 Å². The van der Waals surface area contributed by atoms with Gasteiger partial charge in [-0.1, -0.05) is 0 Å². The van der Waals surface area contributed by atoms with Crippen LogP contribution >= 0.6 is 0 Å². The Kier molecular flexibility index (Phi) is 2.19. The molecule has 0 amide bonds. The smallest absolute Gasteiger partial charge is 0.270 e. The van der Waals surface area contributed by atoms with Gasteiger partial charge in [0, 0.05) is 23.1 Å². The van der Waals surface area contributed by atoms with E-state index < -0.39 is 4.92 Å². The maximum absolute atomic E-state index is 10.8. The van der Waals surface area contributed by atoms with Crippen LogP contribution in [0.25, 0.3) is 10.9 Å². The maximum Gasteiger partial charge on any atom is 0.270 e. The molecule has 1 heterocycles. The molecule has 92 valence electrons. The fourth-order valence-corrected chi connectivity index (χ4v) is 1.86. The molecule has 2 aromatic rings. The van der Waals surface area contributed by atoms with Crippen molar-refractivity contribution in [3.8, 4) is 0 Å².